The molecule has 0 bridgehead atoms. The largest absolute Gasteiger partial charge is 0.0950 e. The van der Waals surface area contributed by atoms with Gasteiger partial charge in [-0.1, -0.05) is 62.6 Å². The van der Waals surface area contributed by atoms with Gasteiger partial charge in [0.25, 0.3) is 0 Å². The molecule has 1 aromatic carbocycles. The Labute approximate surface area is 93.0 Å². The van der Waals surface area contributed by atoms with Gasteiger partial charge in [-0.3, -0.25) is 0 Å². The summed E-state index contributed by atoms with van der Waals surface area (Å²) in [6, 6.07) is 10.7. The van der Waals surface area contributed by atoms with Crippen LogP contribution in [0.15, 0.2) is 36.9 Å². The first-order chi connectivity index (χ1) is 7.38. The van der Waals surface area contributed by atoms with Crippen molar-refractivity contribution in [1.82, 2.24) is 0 Å². The second-order valence-electron chi connectivity index (χ2n) is 4.58. The van der Waals surface area contributed by atoms with E-state index in [1.165, 1.54) is 49.7 Å². The molecule has 1 aliphatic rings. The molecule has 2 rings (SSSR count). The van der Waals surface area contributed by atoms with Crippen molar-refractivity contribution in [2.24, 2.45) is 5.92 Å². The van der Waals surface area contributed by atoms with Gasteiger partial charge in [-0.2, -0.15) is 0 Å². The lowest BCUT2D eigenvalue weighted by atomic mass is 9.88. The quantitative estimate of drug-likeness (QED) is 0.608. The van der Waals surface area contributed by atoms with Crippen molar-refractivity contribution in [3.8, 4) is 0 Å². The second kappa shape index (κ2) is 5.16. The van der Waals surface area contributed by atoms with E-state index in [-0.39, 0.29) is 0 Å². The van der Waals surface area contributed by atoms with E-state index in [2.05, 4.69) is 36.9 Å². The average Bonchev–Trinajstić information content (AvgIpc) is 2.58. The molecule has 0 aliphatic heterocycles. The van der Waals surface area contributed by atoms with Crippen LogP contribution in [-0.2, 0) is 0 Å². The molecule has 0 heteroatoms. The molecule has 0 N–H and O–H groups in total. The first-order valence-corrected chi connectivity index (χ1v) is 6.12. The van der Waals surface area contributed by atoms with Crippen molar-refractivity contribution in [2.45, 2.75) is 38.5 Å². The third-order valence-electron chi connectivity index (χ3n) is 3.49. The van der Waals surface area contributed by atoms with Gasteiger partial charge in [0.1, 0.15) is 0 Å². The van der Waals surface area contributed by atoms with Crippen LogP contribution in [0.5, 0.6) is 0 Å². The Morgan fingerprint density at radius 3 is 2.13 bits per heavy atom. The van der Waals surface area contributed by atoms with E-state index in [1.807, 2.05) is 0 Å². The number of hydrogen-bond acceptors (Lipinski definition) is 0. The average molecular weight is 200 g/mol. The maximum atomic E-state index is 4.29. The number of allylic oxidation sites excluding steroid dienone is 1. The van der Waals surface area contributed by atoms with Crippen LogP contribution >= 0.6 is 0 Å². The zero-order valence-corrected chi connectivity index (χ0v) is 9.41. The zero-order valence-electron chi connectivity index (χ0n) is 9.41. The van der Waals surface area contributed by atoms with Gasteiger partial charge < -0.3 is 0 Å². The first-order valence-electron chi connectivity index (χ1n) is 6.12. The third kappa shape index (κ3) is 2.71. The second-order valence-corrected chi connectivity index (χ2v) is 4.58. The lowest BCUT2D eigenvalue weighted by Crippen LogP contribution is -2.01. The normalized spacial score (nSPS) is 18.4. The fourth-order valence-electron chi connectivity index (χ4n) is 2.52. The summed E-state index contributed by atoms with van der Waals surface area (Å²) in [6.07, 6.45) is 8.28. The van der Waals surface area contributed by atoms with Crippen LogP contribution in [0, 0.1) is 5.92 Å². The molecule has 0 heterocycles. The van der Waals surface area contributed by atoms with Crippen molar-refractivity contribution < 1.29 is 0 Å². The van der Waals surface area contributed by atoms with Gasteiger partial charge in [-0.05, 0) is 29.9 Å². The molecule has 1 aromatic rings. The standard InChI is InChI=1S/C15H20/c1-13(15-11-7-4-8-12-15)14-9-5-2-3-6-10-14/h4,7-8,11-12,14H,1-3,5-6,9-10H2. The minimum Gasteiger partial charge on any atom is -0.0950 e. The number of hydrogen-bond donors (Lipinski definition) is 0. The van der Waals surface area contributed by atoms with Crippen molar-refractivity contribution >= 4 is 5.57 Å². The molecule has 0 unspecified atom stereocenters. The Bertz CT molecular complexity index is 302. The van der Waals surface area contributed by atoms with Crippen LogP contribution in [0.2, 0.25) is 0 Å². The molecule has 0 aromatic heterocycles. The molecule has 15 heavy (non-hydrogen) atoms. The van der Waals surface area contributed by atoms with Crippen LogP contribution in [0.4, 0.5) is 0 Å². The lowest BCUT2D eigenvalue weighted by Gasteiger charge is -2.17. The van der Waals surface area contributed by atoms with Gasteiger partial charge in [0, 0.05) is 0 Å². The van der Waals surface area contributed by atoms with E-state index in [4.69, 9.17) is 0 Å². The highest BCUT2D eigenvalue weighted by Gasteiger charge is 2.15. The highest BCUT2D eigenvalue weighted by Crippen LogP contribution is 2.32. The van der Waals surface area contributed by atoms with Crippen LogP contribution in [0.25, 0.3) is 5.57 Å². The highest BCUT2D eigenvalue weighted by molar-refractivity contribution is 5.65. The van der Waals surface area contributed by atoms with E-state index in [0.717, 1.165) is 5.92 Å². The fraction of sp³-hybridized carbons (Fsp3) is 0.467. The molecular formula is C15H20. The van der Waals surface area contributed by atoms with Crippen LogP contribution in [-0.4, -0.2) is 0 Å². The Hall–Kier alpha value is -1.04. The van der Waals surface area contributed by atoms with E-state index >= 15 is 0 Å². The zero-order chi connectivity index (χ0) is 10.5. The summed E-state index contributed by atoms with van der Waals surface area (Å²) >= 11 is 0. The van der Waals surface area contributed by atoms with Gasteiger partial charge in [0.05, 0.1) is 0 Å². The molecule has 0 spiro atoms. The van der Waals surface area contributed by atoms with Crippen molar-refractivity contribution in [3.63, 3.8) is 0 Å². The van der Waals surface area contributed by atoms with Crippen molar-refractivity contribution in [3.05, 3.63) is 42.5 Å². The number of benzene rings is 1. The van der Waals surface area contributed by atoms with Crippen LogP contribution in [0.3, 0.4) is 0 Å². The first kappa shape index (κ1) is 10.5. The van der Waals surface area contributed by atoms with E-state index < -0.39 is 0 Å². The summed E-state index contributed by atoms with van der Waals surface area (Å²) in [7, 11) is 0. The van der Waals surface area contributed by atoms with Crippen molar-refractivity contribution in [1.29, 1.82) is 0 Å². The Kier molecular flexibility index (Phi) is 3.60. The maximum absolute atomic E-state index is 4.29. The predicted molar refractivity (Wildman–Crippen MR) is 66.7 cm³/mol. The highest BCUT2D eigenvalue weighted by atomic mass is 14.2. The Morgan fingerprint density at radius 2 is 1.53 bits per heavy atom. The van der Waals surface area contributed by atoms with Gasteiger partial charge in [-0.25, -0.2) is 0 Å². The summed E-state index contributed by atoms with van der Waals surface area (Å²) in [6.45, 7) is 4.29. The smallest absolute Gasteiger partial charge is 0.0162 e. The molecule has 0 saturated heterocycles. The molecule has 1 fully saturated rings. The molecule has 1 saturated carbocycles. The molecule has 1 aliphatic carbocycles. The molecule has 80 valence electrons. The molecular weight excluding hydrogens is 180 g/mol. The summed E-state index contributed by atoms with van der Waals surface area (Å²) in [5.41, 5.74) is 2.70. The van der Waals surface area contributed by atoms with E-state index in [1.54, 1.807) is 0 Å². The van der Waals surface area contributed by atoms with Crippen LogP contribution in [0.1, 0.15) is 44.1 Å². The summed E-state index contributed by atoms with van der Waals surface area (Å²) < 4.78 is 0. The monoisotopic (exact) mass is 200 g/mol. The summed E-state index contributed by atoms with van der Waals surface area (Å²) in [5, 5.41) is 0. The minimum atomic E-state index is 0.731. The minimum absolute atomic E-state index is 0.731. The van der Waals surface area contributed by atoms with Gasteiger partial charge in [-0.15, -0.1) is 0 Å². The molecule has 0 nitrogen and oxygen atoms in total. The van der Waals surface area contributed by atoms with E-state index in [9.17, 15) is 0 Å². The van der Waals surface area contributed by atoms with Gasteiger partial charge in [0.15, 0.2) is 0 Å². The molecule has 0 amide bonds. The fourth-order valence-corrected chi connectivity index (χ4v) is 2.52. The van der Waals surface area contributed by atoms with Gasteiger partial charge in [0.2, 0.25) is 0 Å². The van der Waals surface area contributed by atoms with E-state index in [0.29, 0.717) is 0 Å². The Balaban J connectivity index is 2.06. The van der Waals surface area contributed by atoms with Crippen molar-refractivity contribution in [2.75, 3.05) is 0 Å². The SMILES string of the molecule is C=C(c1ccccc1)C1CCCCCC1. The topological polar surface area (TPSA) is 0 Å². The Morgan fingerprint density at radius 1 is 0.933 bits per heavy atom. The maximum Gasteiger partial charge on any atom is -0.0162 e. The van der Waals surface area contributed by atoms with Gasteiger partial charge >= 0.3 is 0 Å². The number of rotatable bonds is 2. The van der Waals surface area contributed by atoms with Crippen LogP contribution < -0.4 is 0 Å². The molecule has 0 atom stereocenters. The summed E-state index contributed by atoms with van der Waals surface area (Å²) in [4.78, 5) is 0. The third-order valence-corrected chi connectivity index (χ3v) is 3.49. The summed E-state index contributed by atoms with van der Waals surface area (Å²) in [5.74, 6) is 0.731. The lowest BCUT2D eigenvalue weighted by molar-refractivity contribution is 0.575. The predicted octanol–water partition coefficient (Wildman–Crippen LogP) is 4.67. The molecule has 0 radical (unpaired) electrons.